The van der Waals surface area contributed by atoms with Crippen molar-refractivity contribution in [1.82, 2.24) is 4.90 Å². The molecule has 27 heavy (non-hydrogen) atoms. The number of benzene rings is 1. The molecule has 2 aromatic rings. The number of hydrogen-bond donors (Lipinski definition) is 2. The SMILES string of the molecule is C[C@@H](OC(=O)[C@H](c1ccccc1Cl)N1CCc2sccc2C1)C(N)C(=O)O. The zero-order valence-corrected chi connectivity index (χ0v) is 16.4. The standard InChI is InChI=1S/C19H21ClN2O4S/c1-11(16(21)18(23)24)26-19(25)17(13-4-2-3-5-14(13)20)22-8-6-15-12(10-22)7-9-27-15/h2-5,7,9,11,16-17H,6,8,10,21H2,1H3,(H,23,24)/t11-,16?,17+/m1/s1. The summed E-state index contributed by atoms with van der Waals surface area (Å²) in [5.41, 5.74) is 7.41. The Morgan fingerprint density at radius 1 is 1.33 bits per heavy atom. The maximum Gasteiger partial charge on any atom is 0.328 e. The quantitative estimate of drug-likeness (QED) is 0.714. The van der Waals surface area contributed by atoms with E-state index in [1.54, 1.807) is 29.5 Å². The van der Waals surface area contributed by atoms with E-state index < -0.39 is 30.1 Å². The van der Waals surface area contributed by atoms with E-state index in [9.17, 15) is 9.59 Å². The lowest BCUT2D eigenvalue weighted by atomic mass is 10.0. The fourth-order valence-electron chi connectivity index (χ4n) is 3.18. The summed E-state index contributed by atoms with van der Waals surface area (Å²) in [6.45, 7) is 2.76. The van der Waals surface area contributed by atoms with Crippen LogP contribution in [0, 0.1) is 0 Å². The van der Waals surface area contributed by atoms with Crippen molar-refractivity contribution in [1.29, 1.82) is 0 Å². The second-order valence-corrected chi connectivity index (χ2v) is 7.93. The van der Waals surface area contributed by atoms with Gasteiger partial charge < -0.3 is 15.6 Å². The number of carbonyl (C=O) groups excluding carboxylic acids is 1. The van der Waals surface area contributed by atoms with Crippen LogP contribution in [0.25, 0.3) is 0 Å². The summed E-state index contributed by atoms with van der Waals surface area (Å²) in [5, 5.41) is 11.6. The molecule has 0 spiro atoms. The van der Waals surface area contributed by atoms with Crippen molar-refractivity contribution in [2.45, 2.75) is 38.1 Å². The molecule has 144 valence electrons. The summed E-state index contributed by atoms with van der Waals surface area (Å²) < 4.78 is 5.43. The predicted molar refractivity (Wildman–Crippen MR) is 104 cm³/mol. The second-order valence-electron chi connectivity index (χ2n) is 6.52. The zero-order chi connectivity index (χ0) is 19.6. The average Bonchev–Trinajstić information content (AvgIpc) is 3.10. The number of nitrogens with zero attached hydrogens (tertiary/aromatic N) is 1. The van der Waals surface area contributed by atoms with Crippen LogP contribution in [0.2, 0.25) is 5.02 Å². The van der Waals surface area contributed by atoms with E-state index in [1.807, 2.05) is 16.3 Å². The van der Waals surface area contributed by atoms with Crippen LogP contribution in [0.1, 0.15) is 29.0 Å². The van der Waals surface area contributed by atoms with Gasteiger partial charge in [-0.25, -0.2) is 4.79 Å². The van der Waals surface area contributed by atoms with Crippen LogP contribution in [-0.2, 0) is 27.3 Å². The molecule has 0 bridgehead atoms. The average molecular weight is 409 g/mol. The highest BCUT2D eigenvalue weighted by molar-refractivity contribution is 7.10. The second kappa shape index (κ2) is 8.39. The first-order valence-electron chi connectivity index (χ1n) is 8.61. The Kier molecular flexibility index (Phi) is 6.16. The third-order valence-corrected chi connectivity index (χ3v) is 6.09. The Balaban J connectivity index is 1.88. The van der Waals surface area contributed by atoms with Crippen LogP contribution < -0.4 is 5.73 Å². The Hall–Kier alpha value is -1.93. The molecule has 0 saturated carbocycles. The summed E-state index contributed by atoms with van der Waals surface area (Å²) >= 11 is 8.07. The molecule has 3 N–H and O–H groups in total. The van der Waals surface area contributed by atoms with Gasteiger partial charge in [0.25, 0.3) is 0 Å². The monoisotopic (exact) mass is 408 g/mol. The lowest BCUT2D eigenvalue weighted by molar-refractivity contribution is -0.159. The number of esters is 1. The van der Waals surface area contributed by atoms with Crippen LogP contribution in [0.15, 0.2) is 35.7 Å². The van der Waals surface area contributed by atoms with Crippen molar-refractivity contribution in [3.05, 3.63) is 56.7 Å². The third-order valence-electron chi connectivity index (χ3n) is 4.72. The normalized spacial score (nSPS) is 17.6. The molecule has 0 amide bonds. The number of aliphatic carboxylic acids is 1. The number of halogens is 1. The van der Waals surface area contributed by atoms with Gasteiger partial charge in [-0.15, -0.1) is 11.3 Å². The van der Waals surface area contributed by atoms with Crippen LogP contribution in [-0.4, -0.2) is 40.6 Å². The predicted octanol–water partition coefficient (Wildman–Crippen LogP) is 2.84. The molecule has 3 rings (SSSR count). The van der Waals surface area contributed by atoms with E-state index in [-0.39, 0.29) is 0 Å². The molecule has 0 radical (unpaired) electrons. The summed E-state index contributed by atoms with van der Waals surface area (Å²) in [6, 6.07) is 7.17. The van der Waals surface area contributed by atoms with Gasteiger partial charge in [0, 0.05) is 23.0 Å². The Morgan fingerprint density at radius 2 is 2.07 bits per heavy atom. The molecule has 1 aromatic heterocycles. The van der Waals surface area contributed by atoms with Gasteiger partial charge in [0.05, 0.1) is 0 Å². The fourth-order valence-corrected chi connectivity index (χ4v) is 4.31. The largest absolute Gasteiger partial charge is 0.480 e. The number of carbonyl (C=O) groups is 2. The molecule has 1 aliphatic rings. The number of ether oxygens (including phenoxy) is 1. The fraction of sp³-hybridized carbons (Fsp3) is 0.368. The number of fused-ring (bicyclic) bond motifs is 1. The summed E-state index contributed by atoms with van der Waals surface area (Å²) in [6.07, 6.45) is -0.118. The molecule has 0 saturated heterocycles. The van der Waals surface area contributed by atoms with E-state index in [1.165, 1.54) is 17.4 Å². The number of nitrogens with two attached hydrogens (primary N) is 1. The van der Waals surface area contributed by atoms with Gasteiger partial charge >= 0.3 is 11.9 Å². The number of thiophene rings is 1. The number of rotatable bonds is 6. The summed E-state index contributed by atoms with van der Waals surface area (Å²) in [7, 11) is 0. The molecular formula is C19H21ClN2O4S. The minimum atomic E-state index is -1.29. The first-order valence-corrected chi connectivity index (χ1v) is 9.87. The van der Waals surface area contributed by atoms with Crippen LogP contribution in [0.4, 0.5) is 0 Å². The third kappa shape index (κ3) is 4.32. The van der Waals surface area contributed by atoms with Gasteiger partial charge in [-0.1, -0.05) is 29.8 Å². The minimum absolute atomic E-state index is 0.464. The van der Waals surface area contributed by atoms with Crippen molar-refractivity contribution in [3.63, 3.8) is 0 Å². The van der Waals surface area contributed by atoms with Gasteiger partial charge in [0.2, 0.25) is 0 Å². The Bertz CT molecular complexity index is 841. The first kappa shape index (κ1) is 19.8. The van der Waals surface area contributed by atoms with Crippen molar-refractivity contribution < 1.29 is 19.4 Å². The molecule has 0 aliphatic carbocycles. The number of carboxylic acids is 1. The van der Waals surface area contributed by atoms with Crippen molar-refractivity contribution >= 4 is 34.9 Å². The van der Waals surface area contributed by atoms with E-state index in [4.69, 9.17) is 27.2 Å². The maximum atomic E-state index is 13.0. The molecule has 1 aliphatic heterocycles. The van der Waals surface area contributed by atoms with Crippen molar-refractivity contribution in [3.8, 4) is 0 Å². The molecule has 3 atom stereocenters. The molecule has 8 heteroatoms. The highest BCUT2D eigenvalue weighted by atomic mass is 35.5. The van der Waals surface area contributed by atoms with Crippen LogP contribution in [0.3, 0.4) is 0 Å². The van der Waals surface area contributed by atoms with Gasteiger partial charge in [0.1, 0.15) is 18.2 Å². The van der Waals surface area contributed by atoms with Gasteiger partial charge in [0.15, 0.2) is 0 Å². The smallest absolute Gasteiger partial charge is 0.328 e. The number of carboxylic acid groups (broad SMARTS) is 1. The van der Waals surface area contributed by atoms with Crippen LogP contribution >= 0.6 is 22.9 Å². The van der Waals surface area contributed by atoms with E-state index >= 15 is 0 Å². The van der Waals surface area contributed by atoms with Gasteiger partial charge in [-0.3, -0.25) is 9.69 Å². The van der Waals surface area contributed by atoms with Crippen molar-refractivity contribution in [2.75, 3.05) is 6.54 Å². The van der Waals surface area contributed by atoms with Crippen LogP contribution in [0.5, 0.6) is 0 Å². The van der Waals surface area contributed by atoms with E-state index in [0.717, 1.165) is 6.42 Å². The highest BCUT2D eigenvalue weighted by Gasteiger charge is 2.35. The maximum absolute atomic E-state index is 13.0. The van der Waals surface area contributed by atoms with Gasteiger partial charge in [-0.05, 0) is 42.0 Å². The molecular weight excluding hydrogens is 388 g/mol. The molecule has 1 aromatic carbocycles. The number of hydrogen-bond acceptors (Lipinski definition) is 6. The molecule has 1 unspecified atom stereocenters. The van der Waals surface area contributed by atoms with Gasteiger partial charge in [-0.2, -0.15) is 0 Å². The Labute approximate surface area is 166 Å². The molecule has 6 nitrogen and oxygen atoms in total. The lowest BCUT2D eigenvalue weighted by Gasteiger charge is -2.34. The van der Waals surface area contributed by atoms with Crippen molar-refractivity contribution in [2.24, 2.45) is 5.73 Å². The summed E-state index contributed by atoms with van der Waals surface area (Å²) in [4.78, 5) is 27.4. The Morgan fingerprint density at radius 3 is 2.78 bits per heavy atom. The molecule has 0 fully saturated rings. The zero-order valence-electron chi connectivity index (χ0n) is 14.8. The molecule has 2 heterocycles. The highest BCUT2D eigenvalue weighted by Crippen LogP contribution is 2.34. The summed E-state index contributed by atoms with van der Waals surface area (Å²) in [5.74, 6) is -1.77. The van der Waals surface area contributed by atoms with E-state index in [2.05, 4.69) is 6.07 Å². The van der Waals surface area contributed by atoms with E-state index in [0.29, 0.717) is 23.7 Å². The topological polar surface area (TPSA) is 92.9 Å². The minimum Gasteiger partial charge on any atom is -0.480 e. The first-order chi connectivity index (χ1) is 12.9. The lowest BCUT2D eigenvalue weighted by Crippen LogP contribution is -2.45.